The fourth-order valence-corrected chi connectivity index (χ4v) is 2.63. The second-order valence-corrected chi connectivity index (χ2v) is 5.95. The molecule has 8 heteroatoms. The summed E-state index contributed by atoms with van der Waals surface area (Å²) in [6, 6.07) is 17.1. The largest absolute Gasteiger partial charge is 0.338 e. The molecule has 0 fully saturated rings. The van der Waals surface area contributed by atoms with Crippen LogP contribution in [0.5, 0.6) is 0 Å². The molecule has 0 radical (unpaired) electrons. The third-order valence-electron chi connectivity index (χ3n) is 3.41. The summed E-state index contributed by atoms with van der Waals surface area (Å²) >= 11 is 12.1. The van der Waals surface area contributed by atoms with Crippen LogP contribution in [-0.2, 0) is 0 Å². The molecule has 26 heavy (non-hydrogen) atoms. The third-order valence-corrected chi connectivity index (χ3v) is 4.04. The van der Waals surface area contributed by atoms with Crippen LogP contribution in [0.2, 0.25) is 10.0 Å². The maximum atomic E-state index is 12.3. The molecule has 0 unspecified atom stereocenters. The van der Waals surface area contributed by atoms with Gasteiger partial charge in [-0.3, -0.25) is 4.79 Å². The van der Waals surface area contributed by atoms with Gasteiger partial charge in [0.15, 0.2) is 11.5 Å². The standard InChI is InChI=1S/C18H11Cl2N5O/c19-12-5-3-6-13(20)17(12)23-18(26)15-8-9-16(25-24-15)22-14-7-2-1-4-11(14)10-21/h1-9H,(H,22,25)(H,23,26). The summed E-state index contributed by atoms with van der Waals surface area (Å²) in [4.78, 5) is 12.3. The number of hydrogen-bond donors (Lipinski definition) is 2. The molecular formula is C18H11Cl2N5O. The smallest absolute Gasteiger partial charge is 0.276 e. The van der Waals surface area contributed by atoms with Crippen LogP contribution in [0.1, 0.15) is 16.1 Å². The van der Waals surface area contributed by atoms with Crippen LogP contribution in [0.25, 0.3) is 0 Å². The zero-order chi connectivity index (χ0) is 18.5. The summed E-state index contributed by atoms with van der Waals surface area (Å²) in [6.45, 7) is 0. The molecule has 0 saturated heterocycles. The van der Waals surface area contributed by atoms with E-state index in [9.17, 15) is 4.79 Å². The number of benzene rings is 2. The van der Waals surface area contributed by atoms with Gasteiger partial charge >= 0.3 is 0 Å². The maximum absolute atomic E-state index is 12.3. The average molecular weight is 384 g/mol. The quantitative estimate of drug-likeness (QED) is 0.683. The summed E-state index contributed by atoms with van der Waals surface area (Å²) in [6.07, 6.45) is 0. The summed E-state index contributed by atoms with van der Waals surface area (Å²) in [5.74, 6) is -0.0866. The summed E-state index contributed by atoms with van der Waals surface area (Å²) in [5, 5.41) is 23.2. The zero-order valence-corrected chi connectivity index (χ0v) is 14.7. The third kappa shape index (κ3) is 3.91. The van der Waals surface area contributed by atoms with Gasteiger partial charge in [0.25, 0.3) is 5.91 Å². The first-order chi connectivity index (χ1) is 12.6. The summed E-state index contributed by atoms with van der Waals surface area (Å²) < 4.78 is 0. The van der Waals surface area contributed by atoms with Gasteiger partial charge < -0.3 is 10.6 Å². The van der Waals surface area contributed by atoms with Gasteiger partial charge in [0.1, 0.15) is 6.07 Å². The van der Waals surface area contributed by atoms with E-state index >= 15 is 0 Å². The minimum Gasteiger partial charge on any atom is -0.338 e. The minimum atomic E-state index is -0.489. The van der Waals surface area contributed by atoms with Crippen molar-refractivity contribution in [2.24, 2.45) is 0 Å². The number of carbonyl (C=O) groups excluding carboxylic acids is 1. The Labute approximate surface area is 159 Å². The zero-order valence-electron chi connectivity index (χ0n) is 13.2. The fourth-order valence-electron chi connectivity index (χ4n) is 2.14. The number of hydrogen-bond acceptors (Lipinski definition) is 5. The minimum absolute atomic E-state index is 0.0973. The molecular weight excluding hydrogens is 373 g/mol. The van der Waals surface area contributed by atoms with Crippen molar-refractivity contribution in [3.05, 3.63) is 75.9 Å². The first kappa shape index (κ1) is 17.7. The van der Waals surface area contributed by atoms with Gasteiger partial charge in [-0.25, -0.2) is 0 Å². The van der Waals surface area contributed by atoms with Crippen molar-refractivity contribution in [2.75, 3.05) is 10.6 Å². The van der Waals surface area contributed by atoms with Gasteiger partial charge in [-0.05, 0) is 36.4 Å². The Balaban J connectivity index is 1.75. The lowest BCUT2D eigenvalue weighted by Gasteiger charge is -2.09. The molecule has 1 aromatic heterocycles. The first-order valence-electron chi connectivity index (χ1n) is 7.43. The number of aromatic nitrogens is 2. The Morgan fingerprint density at radius 3 is 2.35 bits per heavy atom. The summed E-state index contributed by atoms with van der Waals surface area (Å²) in [7, 11) is 0. The van der Waals surface area contributed by atoms with E-state index in [1.54, 1.807) is 48.5 Å². The lowest BCUT2D eigenvalue weighted by molar-refractivity contribution is 0.102. The number of amides is 1. The highest BCUT2D eigenvalue weighted by Gasteiger charge is 2.13. The predicted molar refractivity (Wildman–Crippen MR) is 101 cm³/mol. The average Bonchev–Trinajstić information content (AvgIpc) is 2.66. The van der Waals surface area contributed by atoms with Crippen molar-refractivity contribution in [1.82, 2.24) is 10.2 Å². The number of nitrogens with one attached hydrogen (secondary N) is 2. The second-order valence-electron chi connectivity index (χ2n) is 5.14. The highest BCUT2D eigenvalue weighted by atomic mass is 35.5. The monoisotopic (exact) mass is 383 g/mol. The highest BCUT2D eigenvalue weighted by Crippen LogP contribution is 2.30. The molecule has 0 spiro atoms. The lowest BCUT2D eigenvalue weighted by Crippen LogP contribution is -2.15. The van der Waals surface area contributed by atoms with Crippen molar-refractivity contribution in [2.45, 2.75) is 0 Å². The molecule has 0 atom stereocenters. The molecule has 0 aliphatic carbocycles. The fraction of sp³-hybridized carbons (Fsp3) is 0. The van der Waals surface area contributed by atoms with Crippen molar-refractivity contribution in [1.29, 1.82) is 5.26 Å². The van der Waals surface area contributed by atoms with E-state index in [0.29, 0.717) is 32.8 Å². The SMILES string of the molecule is N#Cc1ccccc1Nc1ccc(C(=O)Nc2c(Cl)cccc2Cl)nn1. The molecule has 0 aliphatic heterocycles. The Bertz CT molecular complexity index is 979. The van der Waals surface area contributed by atoms with Gasteiger partial charge in [-0.2, -0.15) is 5.26 Å². The van der Waals surface area contributed by atoms with Gasteiger partial charge in [0.05, 0.1) is 27.0 Å². The van der Waals surface area contributed by atoms with Gasteiger partial charge in [-0.1, -0.05) is 41.4 Å². The first-order valence-corrected chi connectivity index (χ1v) is 8.19. The van der Waals surface area contributed by atoms with Crippen LogP contribution in [-0.4, -0.2) is 16.1 Å². The molecule has 3 aromatic rings. The van der Waals surface area contributed by atoms with E-state index in [1.165, 1.54) is 6.07 Å². The van der Waals surface area contributed by atoms with E-state index in [4.69, 9.17) is 28.5 Å². The highest BCUT2D eigenvalue weighted by molar-refractivity contribution is 6.39. The van der Waals surface area contributed by atoms with Crippen LogP contribution in [0.3, 0.4) is 0 Å². The molecule has 0 aliphatic rings. The van der Waals surface area contributed by atoms with Gasteiger partial charge in [-0.15, -0.1) is 10.2 Å². The molecule has 3 rings (SSSR count). The maximum Gasteiger partial charge on any atom is 0.276 e. The van der Waals surface area contributed by atoms with Crippen molar-refractivity contribution >= 4 is 46.3 Å². The second kappa shape index (κ2) is 7.83. The van der Waals surface area contributed by atoms with E-state index in [2.05, 4.69) is 26.9 Å². The van der Waals surface area contributed by atoms with Gasteiger partial charge in [0.2, 0.25) is 0 Å². The van der Waals surface area contributed by atoms with E-state index < -0.39 is 5.91 Å². The number of nitriles is 1. The molecule has 1 heterocycles. The molecule has 0 saturated carbocycles. The Morgan fingerprint density at radius 2 is 1.69 bits per heavy atom. The van der Waals surface area contributed by atoms with Crippen LogP contribution in [0.15, 0.2) is 54.6 Å². The Morgan fingerprint density at radius 1 is 0.962 bits per heavy atom. The van der Waals surface area contributed by atoms with Crippen LogP contribution in [0, 0.1) is 11.3 Å². The molecule has 1 amide bonds. The van der Waals surface area contributed by atoms with Crippen LogP contribution in [0.4, 0.5) is 17.2 Å². The number of carbonyl (C=O) groups is 1. The van der Waals surface area contributed by atoms with Crippen LogP contribution < -0.4 is 10.6 Å². The predicted octanol–water partition coefficient (Wildman–Crippen LogP) is 4.65. The van der Waals surface area contributed by atoms with Crippen molar-refractivity contribution in [3.8, 4) is 6.07 Å². The van der Waals surface area contributed by atoms with E-state index in [1.807, 2.05) is 0 Å². The topological polar surface area (TPSA) is 90.7 Å². The van der Waals surface area contributed by atoms with E-state index in [-0.39, 0.29) is 5.69 Å². The Kier molecular flexibility index (Phi) is 5.32. The molecule has 128 valence electrons. The number of anilines is 3. The lowest BCUT2D eigenvalue weighted by atomic mass is 10.2. The number of nitrogens with zero attached hydrogens (tertiary/aromatic N) is 3. The molecule has 2 N–H and O–H groups in total. The molecule has 6 nitrogen and oxygen atoms in total. The number of para-hydroxylation sites is 2. The number of halogens is 2. The van der Waals surface area contributed by atoms with E-state index in [0.717, 1.165) is 0 Å². The van der Waals surface area contributed by atoms with Crippen molar-refractivity contribution in [3.63, 3.8) is 0 Å². The molecule has 2 aromatic carbocycles. The normalized spacial score (nSPS) is 10.0. The summed E-state index contributed by atoms with van der Waals surface area (Å²) in [5.41, 5.74) is 1.49. The van der Waals surface area contributed by atoms with Crippen LogP contribution >= 0.6 is 23.2 Å². The number of rotatable bonds is 4. The Hall–Kier alpha value is -3.14. The van der Waals surface area contributed by atoms with Gasteiger partial charge in [0, 0.05) is 0 Å². The molecule has 0 bridgehead atoms. The van der Waals surface area contributed by atoms with Crippen molar-refractivity contribution < 1.29 is 4.79 Å².